The third-order valence-electron chi connectivity index (χ3n) is 2.28. The molecule has 0 spiro atoms. The molecule has 0 aliphatic heterocycles. The molecule has 0 saturated heterocycles. The molecule has 0 amide bonds. The van der Waals surface area contributed by atoms with Crippen molar-refractivity contribution in [3.8, 4) is 0 Å². The summed E-state index contributed by atoms with van der Waals surface area (Å²) < 4.78 is 24.5. The molecule has 0 aliphatic carbocycles. The highest BCUT2D eigenvalue weighted by molar-refractivity contribution is 7.92. The Balaban J connectivity index is 2.71. The highest BCUT2D eigenvalue weighted by Gasteiger charge is 2.28. The van der Waals surface area contributed by atoms with Crippen LogP contribution in [0.1, 0.15) is 20.8 Å². The number of rotatable bonds is 3. The maximum Gasteiger partial charge on any atom is 0.200 e. The number of sulfone groups is 1. The number of anilines is 1. The zero-order valence-electron chi connectivity index (χ0n) is 9.27. The van der Waals surface area contributed by atoms with Gasteiger partial charge in [-0.15, -0.1) is 0 Å². The van der Waals surface area contributed by atoms with E-state index in [-0.39, 0.29) is 5.75 Å². The number of hydrogen-bond acceptors (Lipinski definition) is 4. The van der Waals surface area contributed by atoms with Gasteiger partial charge in [-0.25, -0.2) is 13.4 Å². The van der Waals surface area contributed by atoms with Gasteiger partial charge in [0.2, 0.25) is 0 Å². The maximum atomic E-state index is 11.8. The molecule has 1 rings (SSSR count). The van der Waals surface area contributed by atoms with Gasteiger partial charge in [0, 0.05) is 18.9 Å². The first-order valence-corrected chi connectivity index (χ1v) is 6.38. The number of nitrogen functional groups attached to an aromatic ring is 1. The van der Waals surface area contributed by atoms with Gasteiger partial charge >= 0.3 is 0 Å². The predicted octanol–water partition coefficient (Wildman–Crippen LogP) is 0.679. The van der Waals surface area contributed by atoms with Gasteiger partial charge in [0.25, 0.3) is 0 Å². The van der Waals surface area contributed by atoms with Gasteiger partial charge < -0.3 is 10.3 Å². The minimum Gasteiger partial charge on any atom is -0.369 e. The summed E-state index contributed by atoms with van der Waals surface area (Å²) in [5.41, 5.74) is 5.54. The van der Waals surface area contributed by atoms with Crippen molar-refractivity contribution in [1.82, 2.24) is 9.55 Å². The van der Waals surface area contributed by atoms with E-state index < -0.39 is 14.6 Å². The first kappa shape index (κ1) is 12.0. The Bertz CT molecular complexity index is 428. The average molecular weight is 231 g/mol. The quantitative estimate of drug-likeness (QED) is 0.829. The van der Waals surface area contributed by atoms with Crippen LogP contribution in [0.4, 0.5) is 5.95 Å². The number of imidazole rings is 1. The van der Waals surface area contributed by atoms with Crippen molar-refractivity contribution in [2.75, 3.05) is 11.5 Å². The second-order valence-corrected chi connectivity index (χ2v) is 7.27. The van der Waals surface area contributed by atoms with E-state index in [1.807, 2.05) is 0 Å². The lowest BCUT2D eigenvalue weighted by molar-refractivity contribution is 0.554. The van der Waals surface area contributed by atoms with Crippen LogP contribution < -0.4 is 5.73 Å². The van der Waals surface area contributed by atoms with Gasteiger partial charge in [0.05, 0.1) is 10.5 Å². The molecule has 0 aromatic carbocycles. The van der Waals surface area contributed by atoms with E-state index in [0.717, 1.165) is 0 Å². The predicted molar refractivity (Wildman–Crippen MR) is 60.2 cm³/mol. The molecule has 1 heterocycles. The van der Waals surface area contributed by atoms with Crippen molar-refractivity contribution >= 4 is 15.8 Å². The smallest absolute Gasteiger partial charge is 0.200 e. The Morgan fingerprint density at radius 1 is 1.47 bits per heavy atom. The first-order chi connectivity index (χ1) is 6.74. The lowest BCUT2D eigenvalue weighted by Gasteiger charge is -2.19. The van der Waals surface area contributed by atoms with Crippen molar-refractivity contribution < 1.29 is 8.42 Å². The normalized spacial score (nSPS) is 13.0. The van der Waals surface area contributed by atoms with Crippen LogP contribution in [-0.4, -0.2) is 28.5 Å². The Morgan fingerprint density at radius 3 is 2.47 bits per heavy atom. The Hall–Kier alpha value is -1.04. The second-order valence-electron chi connectivity index (χ2n) is 4.41. The molecular weight excluding hydrogens is 214 g/mol. The minimum absolute atomic E-state index is 0.0804. The molecule has 0 radical (unpaired) electrons. The van der Waals surface area contributed by atoms with Crippen molar-refractivity contribution in [3.05, 3.63) is 12.4 Å². The van der Waals surface area contributed by atoms with Crippen molar-refractivity contribution in [3.63, 3.8) is 0 Å². The van der Waals surface area contributed by atoms with Crippen LogP contribution in [0, 0.1) is 0 Å². The number of aromatic nitrogens is 2. The molecule has 15 heavy (non-hydrogen) atoms. The third kappa shape index (κ3) is 2.71. The molecule has 86 valence electrons. The van der Waals surface area contributed by atoms with Gasteiger partial charge in [0.1, 0.15) is 0 Å². The molecule has 1 aromatic heterocycles. The fourth-order valence-electron chi connectivity index (χ4n) is 1.05. The number of nitrogens with zero attached hydrogens (tertiary/aromatic N) is 2. The van der Waals surface area contributed by atoms with Crippen molar-refractivity contribution in [2.45, 2.75) is 32.1 Å². The van der Waals surface area contributed by atoms with Gasteiger partial charge in [-0.2, -0.15) is 0 Å². The van der Waals surface area contributed by atoms with E-state index in [4.69, 9.17) is 5.73 Å². The SMILES string of the molecule is CC(C)(C)S(=O)(=O)CCn1ccnc1N. The summed E-state index contributed by atoms with van der Waals surface area (Å²) in [6.07, 6.45) is 3.23. The van der Waals surface area contributed by atoms with Crippen LogP contribution in [0.15, 0.2) is 12.4 Å². The lowest BCUT2D eigenvalue weighted by Crippen LogP contribution is -2.32. The third-order valence-corrected chi connectivity index (χ3v) is 4.87. The van der Waals surface area contributed by atoms with E-state index in [1.54, 1.807) is 37.7 Å². The highest BCUT2D eigenvalue weighted by Crippen LogP contribution is 2.16. The monoisotopic (exact) mass is 231 g/mol. The fourth-order valence-corrected chi connectivity index (χ4v) is 2.10. The summed E-state index contributed by atoms with van der Waals surface area (Å²) in [5.74, 6) is 0.427. The van der Waals surface area contributed by atoms with Crippen LogP contribution in [0.3, 0.4) is 0 Å². The molecule has 6 heteroatoms. The molecule has 2 N–H and O–H groups in total. The topological polar surface area (TPSA) is 78.0 Å². The Kier molecular flexibility index (Phi) is 3.08. The van der Waals surface area contributed by atoms with Gasteiger partial charge in [-0.05, 0) is 20.8 Å². The van der Waals surface area contributed by atoms with Crippen LogP contribution in [0.5, 0.6) is 0 Å². The van der Waals surface area contributed by atoms with Crippen LogP contribution >= 0.6 is 0 Å². The second kappa shape index (κ2) is 3.84. The zero-order chi connectivity index (χ0) is 11.7. The fraction of sp³-hybridized carbons (Fsp3) is 0.667. The van der Waals surface area contributed by atoms with Crippen LogP contribution in [-0.2, 0) is 16.4 Å². The molecule has 0 saturated carbocycles. The van der Waals surface area contributed by atoms with Crippen LogP contribution in [0.2, 0.25) is 0 Å². The zero-order valence-corrected chi connectivity index (χ0v) is 10.1. The number of aryl methyl sites for hydroxylation is 1. The van der Waals surface area contributed by atoms with E-state index in [1.165, 1.54) is 0 Å². The molecular formula is C9H17N3O2S. The van der Waals surface area contributed by atoms with E-state index in [9.17, 15) is 8.42 Å². The van der Waals surface area contributed by atoms with Crippen molar-refractivity contribution in [2.24, 2.45) is 0 Å². The standard InChI is InChI=1S/C9H17N3O2S/c1-9(2,3)15(13,14)7-6-12-5-4-11-8(12)10/h4-5H,6-7H2,1-3H3,(H2,10,11). The summed E-state index contributed by atoms with van der Waals surface area (Å²) in [4.78, 5) is 3.83. The van der Waals surface area contributed by atoms with E-state index >= 15 is 0 Å². The summed E-state index contributed by atoms with van der Waals surface area (Å²) in [6, 6.07) is 0. The van der Waals surface area contributed by atoms with Crippen LogP contribution in [0.25, 0.3) is 0 Å². The maximum absolute atomic E-state index is 11.8. The molecule has 0 fully saturated rings. The summed E-state index contributed by atoms with van der Waals surface area (Å²) in [6.45, 7) is 5.43. The molecule has 0 unspecified atom stereocenters. The molecule has 0 atom stereocenters. The van der Waals surface area contributed by atoms with E-state index in [2.05, 4.69) is 4.98 Å². The van der Waals surface area contributed by atoms with Gasteiger partial charge in [0.15, 0.2) is 15.8 Å². The summed E-state index contributed by atoms with van der Waals surface area (Å²) in [5, 5.41) is 0. The molecule has 1 aromatic rings. The molecule has 5 nitrogen and oxygen atoms in total. The van der Waals surface area contributed by atoms with Crippen molar-refractivity contribution in [1.29, 1.82) is 0 Å². The Morgan fingerprint density at radius 2 is 2.07 bits per heavy atom. The molecule has 0 aliphatic rings. The Labute approximate surface area is 90.2 Å². The highest BCUT2D eigenvalue weighted by atomic mass is 32.2. The van der Waals surface area contributed by atoms with Gasteiger partial charge in [-0.3, -0.25) is 0 Å². The number of nitrogens with two attached hydrogens (primary N) is 1. The largest absolute Gasteiger partial charge is 0.369 e. The first-order valence-electron chi connectivity index (χ1n) is 4.73. The average Bonchev–Trinajstić information content (AvgIpc) is 2.46. The minimum atomic E-state index is -3.09. The van der Waals surface area contributed by atoms with E-state index in [0.29, 0.717) is 12.5 Å². The molecule has 0 bridgehead atoms. The summed E-state index contributed by atoms with van der Waals surface area (Å²) in [7, 11) is -3.09. The lowest BCUT2D eigenvalue weighted by atomic mass is 10.3. The number of hydrogen-bond donors (Lipinski definition) is 1. The van der Waals surface area contributed by atoms with Gasteiger partial charge in [-0.1, -0.05) is 0 Å². The summed E-state index contributed by atoms with van der Waals surface area (Å²) >= 11 is 0.